The lowest BCUT2D eigenvalue weighted by Crippen LogP contribution is -2.30. The minimum Gasteiger partial charge on any atom is -0.355 e. The highest BCUT2D eigenvalue weighted by atomic mass is 35.5. The summed E-state index contributed by atoms with van der Waals surface area (Å²) in [6.07, 6.45) is 5.25. The molecule has 15 heavy (non-hydrogen) atoms. The summed E-state index contributed by atoms with van der Waals surface area (Å²) in [6, 6.07) is 1.90. The Balaban J connectivity index is 2.22. The number of rotatable bonds is 1. The van der Waals surface area contributed by atoms with Crippen LogP contribution in [-0.2, 0) is 0 Å². The van der Waals surface area contributed by atoms with Crippen molar-refractivity contribution in [3.05, 3.63) is 17.0 Å². The van der Waals surface area contributed by atoms with Gasteiger partial charge < -0.3 is 4.90 Å². The second kappa shape index (κ2) is 4.45. The average Bonchev–Trinajstić information content (AvgIpc) is 2.30. The highest BCUT2D eigenvalue weighted by Gasteiger charge is 2.14. The van der Waals surface area contributed by atoms with Crippen molar-refractivity contribution in [2.45, 2.75) is 19.3 Å². The molecule has 0 aromatic carbocycles. The first kappa shape index (κ1) is 10.2. The Morgan fingerprint density at radius 2 is 2.07 bits per heavy atom. The molecule has 1 aliphatic rings. The first-order valence-corrected chi connectivity index (χ1v) is 5.36. The van der Waals surface area contributed by atoms with Crippen molar-refractivity contribution in [2.24, 2.45) is 0 Å². The van der Waals surface area contributed by atoms with Gasteiger partial charge in [-0.3, -0.25) is 0 Å². The first-order valence-electron chi connectivity index (χ1n) is 4.99. The molecule has 0 unspecified atom stereocenters. The number of hydrogen-bond acceptors (Lipinski definition) is 4. The molecular formula is C10H11ClN4. The summed E-state index contributed by atoms with van der Waals surface area (Å²) in [5.41, 5.74) is 0.192. The van der Waals surface area contributed by atoms with Crippen molar-refractivity contribution in [1.82, 2.24) is 9.97 Å². The molecule has 1 aromatic heterocycles. The molecule has 0 saturated carbocycles. The summed E-state index contributed by atoms with van der Waals surface area (Å²) in [5.74, 6) is 0.777. The summed E-state index contributed by atoms with van der Waals surface area (Å²) in [5, 5.41) is 8.86. The van der Waals surface area contributed by atoms with E-state index in [1.807, 2.05) is 6.07 Å². The third kappa shape index (κ3) is 2.18. The van der Waals surface area contributed by atoms with Crippen molar-refractivity contribution in [3.8, 4) is 6.07 Å². The molecule has 0 radical (unpaired) electrons. The van der Waals surface area contributed by atoms with Crippen LogP contribution in [0.2, 0.25) is 5.15 Å². The Bertz CT molecular complexity index is 393. The lowest BCUT2D eigenvalue weighted by atomic mass is 10.1. The third-order valence-electron chi connectivity index (χ3n) is 2.50. The van der Waals surface area contributed by atoms with Crippen molar-refractivity contribution in [3.63, 3.8) is 0 Å². The van der Waals surface area contributed by atoms with Gasteiger partial charge in [0, 0.05) is 13.1 Å². The number of anilines is 1. The predicted molar refractivity (Wildman–Crippen MR) is 57.8 cm³/mol. The fourth-order valence-corrected chi connectivity index (χ4v) is 1.89. The van der Waals surface area contributed by atoms with E-state index in [0.717, 1.165) is 18.9 Å². The van der Waals surface area contributed by atoms with Gasteiger partial charge in [0.25, 0.3) is 0 Å². The molecule has 2 heterocycles. The van der Waals surface area contributed by atoms with E-state index in [4.69, 9.17) is 16.9 Å². The van der Waals surface area contributed by atoms with E-state index in [1.165, 1.54) is 19.3 Å². The lowest BCUT2D eigenvalue weighted by molar-refractivity contribution is 0.572. The van der Waals surface area contributed by atoms with Crippen molar-refractivity contribution in [2.75, 3.05) is 18.0 Å². The van der Waals surface area contributed by atoms with Crippen LogP contribution in [0.1, 0.15) is 25.0 Å². The Kier molecular flexibility index (Phi) is 3.02. The molecule has 0 amide bonds. The molecule has 1 aromatic rings. The Hall–Kier alpha value is -1.34. The van der Waals surface area contributed by atoms with Crippen LogP contribution in [0.3, 0.4) is 0 Å². The van der Waals surface area contributed by atoms with Crippen molar-refractivity contribution < 1.29 is 0 Å². The highest BCUT2D eigenvalue weighted by molar-refractivity contribution is 6.30. The quantitative estimate of drug-likeness (QED) is 0.729. The number of piperidine rings is 1. The minimum atomic E-state index is 0.192. The van der Waals surface area contributed by atoms with E-state index >= 15 is 0 Å². The summed E-state index contributed by atoms with van der Waals surface area (Å²) >= 11 is 5.83. The summed E-state index contributed by atoms with van der Waals surface area (Å²) in [4.78, 5) is 10.3. The molecule has 0 aliphatic carbocycles. The smallest absolute Gasteiger partial charge is 0.178 e. The molecule has 0 spiro atoms. The third-order valence-corrected chi connectivity index (χ3v) is 2.77. The number of nitrogens with zero attached hydrogens (tertiary/aromatic N) is 4. The molecule has 1 saturated heterocycles. The van der Waals surface area contributed by atoms with Gasteiger partial charge in [-0.15, -0.1) is 0 Å². The summed E-state index contributed by atoms with van der Waals surface area (Å²) < 4.78 is 0. The van der Waals surface area contributed by atoms with Gasteiger partial charge in [0.1, 0.15) is 11.9 Å². The lowest BCUT2D eigenvalue weighted by Gasteiger charge is -2.27. The van der Waals surface area contributed by atoms with E-state index in [9.17, 15) is 0 Å². The van der Waals surface area contributed by atoms with Crippen LogP contribution in [0.4, 0.5) is 5.82 Å². The maximum absolute atomic E-state index is 8.67. The van der Waals surface area contributed by atoms with Gasteiger partial charge >= 0.3 is 0 Å². The van der Waals surface area contributed by atoms with Crippen LogP contribution in [0.25, 0.3) is 0 Å². The van der Waals surface area contributed by atoms with Crippen molar-refractivity contribution >= 4 is 17.4 Å². The standard InChI is InChI=1S/C10H11ClN4/c11-10-8(6-12)13-7-9(14-10)15-4-2-1-3-5-15/h7H,1-5H2. The maximum Gasteiger partial charge on any atom is 0.178 e. The molecule has 1 aliphatic heterocycles. The first-order chi connectivity index (χ1) is 7.31. The van der Waals surface area contributed by atoms with Crippen LogP contribution in [0.5, 0.6) is 0 Å². The Morgan fingerprint density at radius 1 is 1.33 bits per heavy atom. The SMILES string of the molecule is N#Cc1ncc(N2CCCCC2)nc1Cl. The monoisotopic (exact) mass is 222 g/mol. The van der Waals surface area contributed by atoms with Crippen LogP contribution in [-0.4, -0.2) is 23.1 Å². The number of hydrogen-bond donors (Lipinski definition) is 0. The summed E-state index contributed by atoms with van der Waals surface area (Å²) in [7, 11) is 0. The average molecular weight is 223 g/mol. The molecule has 0 bridgehead atoms. The molecule has 5 heteroatoms. The molecule has 1 fully saturated rings. The van der Waals surface area contributed by atoms with Crippen LogP contribution in [0.15, 0.2) is 6.20 Å². The highest BCUT2D eigenvalue weighted by Crippen LogP contribution is 2.19. The van der Waals surface area contributed by atoms with Gasteiger partial charge in [0.05, 0.1) is 6.20 Å². The largest absolute Gasteiger partial charge is 0.355 e. The Labute approximate surface area is 93.5 Å². The molecular weight excluding hydrogens is 212 g/mol. The van der Waals surface area contributed by atoms with E-state index in [0.29, 0.717) is 0 Å². The zero-order valence-corrected chi connectivity index (χ0v) is 9.04. The van der Waals surface area contributed by atoms with Gasteiger partial charge in [-0.25, -0.2) is 9.97 Å². The van der Waals surface area contributed by atoms with E-state index in [1.54, 1.807) is 6.20 Å². The van der Waals surface area contributed by atoms with E-state index < -0.39 is 0 Å². The van der Waals surface area contributed by atoms with Gasteiger partial charge in [-0.05, 0) is 19.3 Å². The second-order valence-corrected chi connectivity index (χ2v) is 3.89. The predicted octanol–water partition coefficient (Wildman–Crippen LogP) is 1.99. The zero-order chi connectivity index (χ0) is 10.7. The molecule has 2 rings (SSSR count). The van der Waals surface area contributed by atoms with Gasteiger partial charge in [-0.2, -0.15) is 5.26 Å². The second-order valence-electron chi connectivity index (χ2n) is 3.53. The normalized spacial score (nSPS) is 16.1. The van der Waals surface area contributed by atoms with E-state index in [-0.39, 0.29) is 10.8 Å². The van der Waals surface area contributed by atoms with Gasteiger partial charge in [0.15, 0.2) is 10.8 Å². The van der Waals surface area contributed by atoms with Crippen molar-refractivity contribution in [1.29, 1.82) is 5.26 Å². The number of halogens is 1. The number of nitriles is 1. The molecule has 4 nitrogen and oxygen atoms in total. The van der Waals surface area contributed by atoms with Gasteiger partial charge in [0.2, 0.25) is 0 Å². The zero-order valence-electron chi connectivity index (χ0n) is 8.28. The molecule has 0 atom stereocenters. The van der Waals surface area contributed by atoms with E-state index in [2.05, 4.69) is 14.9 Å². The molecule has 0 N–H and O–H groups in total. The topological polar surface area (TPSA) is 52.8 Å². The molecule has 78 valence electrons. The fraction of sp³-hybridized carbons (Fsp3) is 0.500. The summed E-state index contributed by atoms with van der Waals surface area (Å²) in [6.45, 7) is 1.99. The maximum atomic E-state index is 8.67. The van der Waals surface area contributed by atoms with Crippen LogP contribution in [0, 0.1) is 11.3 Å². The van der Waals surface area contributed by atoms with Gasteiger partial charge in [-0.1, -0.05) is 11.6 Å². The Morgan fingerprint density at radius 3 is 2.67 bits per heavy atom. The van der Waals surface area contributed by atoms with Crippen LogP contribution < -0.4 is 4.90 Å². The number of aromatic nitrogens is 2. The minimum absolute atomic E-state index is 0.192. The fourth-order valence-electron chi connectivity index (χ4n) is 1.71. The van der Waals surface area contributed by atoms with Crippen LogP contribution >= 0.6 is 11.6 Å².